The van der Waals surface area contributed by atoms with E-state index in [4.69, 9.17) is 15.2 Å². The third-order valence-electron chi connectivity index (χ3n) is 3.54. The molecule has 3 N–H and O–H groups in total. The lowest BCUT2D eigenvalue weighted by Gasteiger charge is -2.09. The van der Waals surface area contributed by atoms with Crippen LogP contribution >= 0.6 is 24.0 Å². The van der Waals surface area contributed by atoms with Crippen LogP contribution in [-0.4, -0.2) is 30.0 Å². The van der Waals surface area contributed by atoms with E-state index in [2.05, 4.69) is 15.4 Å². The molecule has 0 radical (unpaired) electrons. The molecule has 132 valence electrons. The molecule has 0 spiro atoms. The predicted octanol–water partition coefficient (Wildman–Crippen LogP) is 1.97. The lowest BCUT2D eigenvalue weighted by Crippen LogP contribution is -2.31. The van der Waals surface area contributed by atoms with Gasteiger partial charge in [0.2, 0.25) is 5.88 Å². The second kappa shape index (κ2) is 9.36. The average Bonchev–Trinajstić information content (AvgIpc) is 2.83. The number of guanidine groups is 1. The highest BCUT2D eigenvalue weighted by Crippen LogP contribution is 2.20. The molecular weight excluding hydrogens is 421 g/mol. The van der Waals surface area contributed by atoms with Crippen LogP contribution in [0.4, 0.5) is 0 Å². The summed E-state index contributed by atoms with van der Waals surface area (Å²) in [5.41, 5.74) is 8.78. The number of hydrogen-bond donors (Lipinski definition) is 2. The van der Waals surface area contributed by atoms with Crippen LogP contribution < -0.4 is 20.5 Å². The molecule has 0 atom stereocenters. The number of benzene rings is 1. The van der Waals surface area contributed by atoms with E-state index in [1.165, 1.54) is 0 Å². The molecule has 0 unspecified atom stereocenters. The Morgan fingerprint density at radius 1 is 1.29 bits per heavy atom. The Kier molecular flexibility index (Phi) is 7.83. The molecule has 0 amide bonds. The largest absolute Gasteiger partial charge is 0.496 e. The Labute approximate surface area is 159 Å². The molecule has 0 aliphatic heterocycles. The molecular formula is C16H24IN5O2. The maximum atomic E-state index is 5.94. The van der Waals surface area contributed by atoms with Crippen molar-refractivity contribution in [3.8, 4) is 11.6 Å². The number of methoxy groups -OCH3 is 2. The number of nitrogens with zero attached hydrogens (tertiary/aromatic N) is 3. The van der Waals surface area contributed by atoms with Gasteiger partial charge >= 0.3 is 0 Å². The fourth-order valence-corrected chi connectivity index (χ4v) is 2.38. The van der Waals surface area contributed by atoms with Gasteiger partial charge in [-0.2, -0.15) is 5.10 Å². The molecule has 8 heteroatoms. The summed E-state index contributed by atoms with van der Waals surface area (Å²) in [6, 6.07) is 7.73. The summed E-state index contributed by atoms with van der Waals surface area (Å²) in [7, 11) is 5.11. The molecule has 2 rings (SSSR count). The number of nitrogens with one attached hydrogen (secondary N) is 1. The molecule has 0 aliphatic rings. The van der Waals surface area contributed by atoms with E-state index in [0.717, 1.165) is 22.6 Å². The fourth-order valence-electron chi connectivity index (χ4n) is 2.38. The van der Waals surface area contributed by atoms with E-state index in [1.54, 1.807) is 18.9 Å². The number of halogens is 1. The van der Waals surface area contributed by atoms with Gasteiger partial charge < -0.3 is 20.5 Å². The van der Waals surface area contributed by atoms with Crippen LogP contribution in [0.25, 0.3) is 0 Å². The highest BCUT2D eigenvalue weighted by molar-refractivity contribution is 14.0. The Hall–Kier alpha value is -1.97. The molecule has 24 heavy (non-hydrogen) atoms. The van der Waals surface area contributed by atoms with Gasteiger partial charge in [0.05, 0.1) is 38.6 Å². The highest BCUT2D eigenvalue weighted by atomic mass is 127. The molecule has 1 aromatic carbocycles. The van der Waals surface area contributed by atoms with Crippen molar-refractivity contribution < 1.29 is 9.47 Å². The average molecular weight is 445 g/mol. The third-order valence-corrected chi connectivity index (χ3v) is 3.54. The van der Waals surface area contributed by atoms with Crippen molar-refractivity contribution in [2.24, 2.45) is 17.8 Å². The van der Waals surface area contributed by atoms with E-state index in [0.29, 0.717) is 24.9 Å². The summed E-state index contributed by atoms with van der Waals surface area (Å²) in [4.78, 5) is 4.35. The first kappa shape index (κ1) is 20.1. The van der Waals surface area contributed by atoms with Crippen molar-refractivity contribution in [1.82, 2.24) is 15.1 Å². The normalized spacial score (nSPS) is 10.9. The summed E-state index contributed by atoms with van der Waals surface area (Å²) in [5.74, 6) is 1.88. The van der Waals surface area contributed by atoms with Gasteiger partial charge in [0, 0.05) is 12.6 Å². The number of hydrogen-bond acceptors (Lipinski definition) is 4. The summed E-state index contributed by atoms with van der Waals surface area (Å²) < 4.78 is 12.4. The molecule has 0 fully saturated rings. The molecule has 0 aliphatic carbocycles. The molecule has 0 saturated carbocycles. The number of aromatic nitrogens is 2. The van der Waals surface area contributed by atoms with Crippen molar-refractivity contribution >= 4 is 29.9 Å². The monoisotopic (exact) mass is 445 g/mol. The number of aryl methyl sites for hydroxylation is 2. The standard InChI is InChI=1S/C16H23N5O2.HI/c1-11-13(15(23-4)21(2)20-11)10-19-16(17)18-9-12-7-5-6-8-14(12)22-3;/h5-8H,9-10H2,1-4H3,(H3,17,18,19);1H. The molecule has 0 saturated heterocycles. The van der Waals surface area contributed by atoms with Gasteiger partial charge in [-0.1, -0.05) is 18.2 Å². The minimum absolute atomic E-state index is 0. The van der Waals surface area contributed by atoms with Gasteiger partial charge in [-0.15, -0.1) is 24.0 Å². The maximum Gasteiger partial charge on any atom is 0.216 e. The Balaban J connectivity index is 0.00000288. The van der Waals surface area contributed by atoms with Crippen molar-refractivity contribution in [3.05, 3.63) is 41.1 Å². The predicted molar refractivity (Wildman–Crippen MR) is 105 cm³/mol. The molecule has 1 aromatic heterocycles. The first-order valence-corrected chi connectivity index (χ1v) is 7.29. The zero-order chi connectivity index (χ0) is 16.8. The maximum absolute atomic E-state index is 5.94. The van der Waals surface area contributed by atoms with Crippen molar-refractivity contribution in [2.45, 2.75) is 20.0 Å². The smallest absolute Gasteiger partial charge is 0.216 e. The second-order valence-electron chi connectivity index (χ2n) is 5.06. The van der Waals surface area contributed by atoms with E-state index < -0.39 is 0 Å². The topological polar surface area (TPSA) is 86.7 Å². The Bertz CT molecular complexity index is 700. The summed E-state index contributed by atoms with van der Waals surface area (Å²) in [6.07, 6.45) is 0. The van der Waals surface area contributed by atoms with E-state index in [1.807, 2.05) is 38.2 Å². The minimum atomic E-state index is 0. The van der Waals surface area contributed by atoms with Crippen LogP contribution in [-0.2, 0) is 20.1 Å². The van der Waals surface area contributed by atoms with Crippen LogP contribution in [0.3, 0.4) is 0 Å². The van der Waals surface area contributed by atoms with Crippen LogP contribution in [0.1, 0.15) is 16.8 Å². The summed E-state index contributed by atoms with van der Waals surface area (Å²) in [5, 5.41) is 7.42. The van der Waals surface area contributed by atoms with Crippen molar-refractivity contribution in [3.63, 3.8) is 0 Å². The van der Waals surface area contributed by atoms with E-state index >= 15 is 0 Å². The van der Waals surface area contributed by atoms with Gasteiger partial charge in [-0.05, 0) is 13.0 Å². The summed E-state index contributed by atoms with van der Waals surface area (Å²) in [6.45, 7) is 2.89. The molecule has 2 aromatic rings. The first-order valence-electron chi connectivity index (χ1n) is 7.29. The van der Waals surface area contributed by atoms with Gasteiger partial charge in [0.25, 0.3) is 0 Å². The molecule has 1 heterocycles. The van der Waals surface area contributed by atoms with Gasteiger partial charge in [-0.3, -0.25) is 0 Å². The fraction of sp³-hybridized carbons (Fsp3) is 0.375. The lowest BCUT2D eigenvalue weighted by atomic mass is 10.2. The number of para-hydroxylation sites is 1. The van der Waals surface area contributed by atoms with Crippen molar-refractivity contribution in [2.75, 3.05) is 14.2 Å². The van der Waals surface area contributed by atoms with Crippen molar-refractivity contribution in [1.29, 1.82) is 0 Å². The zero-order valence-corrected chi connectivity index (χ0v) is 16.7. The minimum Gasteiger partial charge on any atom is -0.496 e. The van der Waals surface area contributed by atoms with Crippen LogP contribution in [0, 0.1) is 6.92 Å². The first-order chi connectivity index (χ1) is 11.1. The van der Waals surface area contributed by atoms with Gasteiger partial charge in [-0.25, -0.2) is 9.67 Å². The highest BCUT2D eigenvalue weighted by Gasteiger charge is 2.13. The van der Waals surface area contributed by atoms with Crippen LogP contribution in [0.5, 0.6) is 11.6 Å². The lowest BCUT2D eigenvalue weighted by molar-refractivity contribution is 0.369. The molecule has 7 nitrogen and oxygen atoms in total. The summed E-state index contributed by atoms with van der Waals surface area (Å²) >= 11 is 0. The van der Waals surface area contributed by atoms with Crippen LogP contribution in [0.2, 0.25) is 0 Å². The van der Waals surface area contributed by atoms with Gasteiger partial charge in [0.1, 0.15) is 5.75 Å². The zero-order valence-electron chi connectivity index (χ0n) is 14.4. The Morgan fingerprint density at radius 2 is 2.00 bits per heavy atom. The van der Waals surface area contributed by atoms with E-state index in [9.17, 15) is 0 Å². The van der Waals surface area contributed by atoms with Crippen LogP contribution in [0.15, 0.2) is 29.3 Å². The second-order valence-corrected chi connectivity index (χ2v) is 5.06. The molecule has 0 bridgehead atoms. The quantitative estimate of drug-likeness (QED) is 0.404. The number of rotatable bonds is 6. The third kappa shape index (κ3) is 4.76. The van der Waals surface area contributed by atoms with Gasteiger partial charge in [0.15, 0.2) is 5.96 Å². The van der Waals surface area contributed by atoms with E-state index in [-0.39, 0.29) is 24.0 Å². The number of aliphatic imine (C=N–C) groups is 1. The SMILES string of the molecule is COc1ccccc1CN=C(N)NCc1c(C)nn(C)c1OC.I. The Morgan fingerprint density at radius 3 is 2.67 bits per heavy atom. The number of ether oxygens (including phenoxy) is 2. The number of nitrogens with two attached hydrogens (primary N) is 1.